The zero-order valence-corrected chi connectivity index (χ0v) is 12.3. The Morgan fingerprint density at radius 3 is 2.84 bits per heavy atom. The predicted octanol–water partition coefficient (Wildman–Crippen LogP) is 2.37. The standard InChI is InChI=1S/C15H26N2O2/c1-11-9-12(11)14-5-6-15(19-14)13(10-16)17(2)7-4-8-18-3/h5-6,11-13H,4,7-10,16H2,1-3H3. The molecule has 1 aromatic heterocycles. The Morgan fingerprint density at radius 1 is 1.53 bits per heavy atom. The summed E-state index contributed by atoms with van der Waals surface area (Å²) in [5, 5.41) is 0. The summed E-state index contributed by atoms with van der Waals surface area (Å²) in [6.07, 6.45) is 2.26. The lowest BCUT2D eigenvalue weighted by Gasteiger charge is -2.25. The molecule has 1 heterocycles. The first kappa shape index (κ1) is 14.6. The molecule has 0 amide bonds. The second-order valence-corrected chi connectivity index (χ2v) is 5.64. The molecular formula is C15H26N2O2. The predicted molar refractivity (Wildman–Crippen MR) is 76.1 cm³/mol. The quantitative estimate of drug-likeness (QED) is 0.734. The normalized spacial score (nSPS) is 23.8. The Bertz CT molecular complexity index is 391. The summed E-state index contributed by atoms with van der Waals surface area (Å²) in [7, 11) is 3.82. The molecular weight excluding hydrogens is 240 g/mol. The van der Waals surface area contributed by atoms with Crippen LogP contribution in [-0.4, -0.2) is 38.8 Å². The Morgan fingerprint density at radius 2 is 2.26 bits per heavy atom. The van der Waals surface area contributed by atoms with Gasteiger partial charge in [-0.15, -0.1) is 0 Å². The SMILES string of the molecule is COCCCN(C)C(CN)c1ccc(C2CC2C)o1. The van der Waals surface area contributed by atoms with Crippen molar-refractivity contribution in [1.29, 1.82) is 0 Å². The minimum absolute atomic E-state index is 0.166. The number of likely N-dealkylation sites (N-methyl/N-ethyl adjacent to an activating group) is 1. The van der Waals surface area contributed by atoms with E-state index in [4.69, 9.17) is 14.9 Å². The number of hydrogen-bond donors (Lipinski definition) is 1. The first-order valence-electron chi connectivity index (χ1n) is 7.16. The smallest absolute Gasteiger partial charge is 0.122 e. The van der Waals surface area contributed by atoms with Crippen molar-refractivity contribution in [2.75, 3.05) is 33.9 Å². The fourth-order valence-corrected chi connectivity index (χ4v) is 2.59. The monoisotopic (exact) mass is 266 g/mol. The van der Waals surface area contributed by atoms with Crippen molar-refractivity contribution < 1.29 is 9.15 Å². The molecule has 1 aromatic rings. The van der Waals surface area contributed by atoms with Crippen molar-refractivity contribution in [1.82, 2.24) is 4.90 Å². The van der Waals surface area contributed by atoms with Gasteiger partial charge in [0.25, 0.3) is 0 Å². The van der Waals surface area contributed by atoms with E-state index >= 15 is 0 Å². The molecule has 3 atom stereocenters. The molecule has 0 aliphatic heterocycles. The maximum atomic E-state index is 6.01. The molecule has 0 saturated heterocycles. The van der Waals surface area contributed by atoms with Crippen LogP contribution in [0, 0.1) is 5.92 Å². The van der Waals surface area contributed by atoms with Crippen molar-refractivity contribution >= 4 is 0 Å². The summed E-state index contributed by atoms with van der Waals surface area (Å²) in [6, 6.07) is 4.37. The molecule has 3 unspecified atom stereocenters. The fourth-order valence-electron chi connectivity index (χ4n) is 2.59. The molecule has 1 aliphatic rings. The van der Waals surface area contributed by atoms with Crippen molar-refractivity contribution in [3.05, 3.63) is 23.7 Å². The summed E-state index contributed by atoms with van der Waals surface area (Å²) >= 11 is 0. The third kappa shape index (κ3) is 3.59. The van der Waals surface area contributed by atoms with Crippen molar-refractivity contribution in [3.63, 3.8) is 0 Å². The maximum Gasteiger partial charge on any atom is 0.122 e. The first-order chi connectivity index (χ1) is 9.17. The van der Waals surface area contributed by atoms with Gasteiger partial charge in [-0.25, -0.2) is 0 Å². The molecule has 1 fully saturated rings. The molecule has 0 aromatic carbocycles. The van der Waals surface area contributed by atoms with Gasteiger partial charge in [-0.1, -0.05) is 6.92 Å². The van der Waals surface area contributed by atoms with E-state index in [9.17, 15) is 0 Å². The van der Waals surface area contributed by atoms with Crippen LogP contribution in [0.2, 0.25) is 0 Å². The van der Waals surface area contributed by atoms with Gasteiger partial charge in [-0.05, 0) is 37.9 Å². The van der Waals surface area contributed by atoms with Crippen LogP contribution < -0.4 is 5.73 Å². The van der Waals surface area contributed by atoms with E-state index < -0.39 is 0 Å². The second-order valence-electron chi connectivity index (χ2n) is 5.64. The Kier molecular flexibility index (Phi) is 5.02. The van der Waals surface area contributed by atoms with Crippen LogP contribution in [0.15, 0.2) is 16.5 Å². The topological polar surface area (TPSA) is 51.6 Å². The van der Waals surface area contributed by atoms with Gasteiger partial charge in [0.1, 0.15) is 11.5 Å². The van der Waals surface area contributed by atoms with Gasteiger partial charge in [-0.2, -0.15) is 0 Å². The van der Waals surface area contributed by atoms with E-state index in [0.717, 1.165) is 37.0 Å². The zero-order chi connectivity index (χ0) is 13.8. The summed E-state index contributed by atoms with van der Waals surface area (Å²) in [5.74, 6) is 3.53. The highest BCUT2D eigenvalue weighted by Gasteiger charge is 2.37. The molecule has 0 radical (unpaired) electrons. The van der Waals surface area contributed by atoms with E-state index in [1.807, 2.05) is 0 Å². The van der Waals surface area contributed by atoms with Gasteiger partial charge in [0, 0.05) is 32.7 Å². The van der Waals surface area contributed by atoms with Gasteiger partial charge in [-0.3, -0.25) is 4.90 Å². The summed E-state index contributed by atoms with van der Waals surface area (Å²) in [6.45, 7) is 4.59. The average Bonchev–Trinajstić information content (AvgIpc) is 2.93. The zero-order valence-electron chi connectivity index (χ0n) is 12.3. The van der Waals surface area contributed by atoms with Crippen LogP contribution in [0.25, 0.3) is 0 Å². The number of nitrogens with two attached hydrogens (primary N) is 1. The summed E-state index contributed by atoms with van der Waals surface area (Å²) in [5.41, 5.74) is 5.91. The van der Waals surface area contributed by atoms with E-state index in [1.54, 1.807) is 7.11 Å². The van der Waals surface area contributed by atoms with E-state index in [-0.39, 0.29) is 6.04 Å². The van der Waals surface area contributed by atoms with Gasteiger partial charge in [0.05, 0.1) is 6.04 Å². The van der Waals surface area contributed by atoms with Crippen molar-refractivity contribution in [3.8, 4) is 0 Å². The van der Waals surface area contributed by atoms with Crippen molar-refractivity contribution in [2.24, 2.45) is 11.7 Å². The molecule has 1 aliphatic carbocycles. The summed E-state index contributed by atoms with van der Waals surface area (Å²) in [4.78, 5) is 2.25. The number of nitrogens with zero attached hydrogens (tertiary/aromatic N) is 1. The minimum Gasteiger partial charge on any atom is -0.464 e. The highest BCUT2D eigenvalue weighted by molar-refractivity contribution is 5.19. The van der Waals surface area contributed by atoms with Crippen LogP contribution in [0.3, 0.4) is 0 Å². The van der Waals surface area contributed by atoms with Crippen LogP contribution >= 0.6 is 0 Å². The lowest BCUT2D eigenvalue weighted by molar-refractivity contribution is 0.159. The largest absolute Gasteiger partial charge is 0.464 e. The average molecular weight is 266 g/mol. The molecule has 108 valence electrons. The van der Waals surface area contributed by atoms with E-state index in [1.165, 1.54) is 6.42 Å². The van der Waals surface area contributed by atoms with Crippen LogP contribution in [-0.2, 0) is 4.74 Å². The third-order valence-corrected chi connectivity index (χ3v) is 4.07. The number of furan rings is 1. The number of hydrogen-bond acceptors (Lipinski definition) is 4. The molecule has 4 nitrogen and oxygen atoms in total. The van der Waals surface area contributed by atoms with Gasteiger partial charge >= 0.3 is 0 Å². The highest BCUT2D eigenvalue weighted by atomic mass is 16.5. The molecule has 0 spiro atoms. The molecule has 0 bridgehead atoms. The lowest BCUT2D eigenvalue weighted by Crippen LogP contribution is -2.31. The Hall–Kier alpha value is -0.840. The minimum atomic E-state index is 0.166. The van der Waals surface area contributed by atoms with E-state index in [2.05, 4.69) is 31.0 Å². The lowest BCUT2D eigenvalue weighted by atomic mass is 10.2. The van der Waals surface area contributed by atoms with Crippen molar-refractivity contribution in [2.45, 2.75) is 31.7 Å². The number of ether oxygens (including phenoxy) is 1. The van der Waals surface area contributed by atoms with Crippen LogP contribution in [0.5, 0.6) is 0 Å². The molecule has 2 rings (SSSR count). The van der Waals surface area contributed by atoms with Crippen LogP contribution in [0.1, 0.15) is 43.2 Å². The maximum absolute atomic E-state index is 6.01. The molecule has 4 heteroatoms. The summed E-state index contributed by atoms with van der Waals surface area (Å²) < 4.78 is 11.1. The third-order valence-electron chi connectivity index (χ3n) is 4.07. The highest BCUT2D eigenvalue weighted by Crippen LogP contribution is 2.47. The van der Waals surface area contributed by atoms with Gasteiger partial charge in [0.15, 0.2) is 0 Å². The number of methoxy groups -OCH3 is 1. The van der Waals surface area contributed by atoms with Crippen LogP contribution in [0.4, 0.5) is 0 Å². The van der Waals surface area contributed by atoms with Gasteiger partial charge in [0.2, 0.25) is 0 Å². The van der Waals surface area contributed by atoms with E-state index in [0.29, 0.717) is 12.5 Å². The molecule has 1 saturated carbocycles. The second kappa shape index (κ2) is 6.55. The fraction of sp³-hybridized carbons (Fsp3) is 0.733. The van der Waals surface area contributed by atoms with Gasteiger partial charge < -0.3 is 14.9 Å². The Labute approximate surface area is 115 Å². The first-order valence-corrected chi connectivity index (χ1v) is 7.16. The number of rotatable bonds is 8. The Balaban J connectivity index is 1.94. The molecule has 19 heavy (non-hydrogen) atoms. The molecule has 2 N–H and O–H groups in total.